The molecule has 0 aliphatic rings. The highest BCUT2D eigenvalue weighted by Crippen LogP contribution is 2.23. The van der Waals surface area contributed by atoms with E-state index >= 15 is 0 Å². The average molecular weight is 473 g/mol. The molecule has 0 aliphatic carbocycles. The van der Waals surface area contributed by atoms with Crippen molar-refractivity contribution in [1.82, 2.24) is 29.7 Å². The lowest BCUT2D eigenvalue weighted by Crippen LogP contribution is -2.21. The highest BCUT2D eigenvalue weighted by atomic mass is 19.4. The molecule has 12 nitrogen and oxygen atoms in total. The highest BCUT2D eigenvalue weighted by Gasteiger charge is 2.27. The summed E-state index contributed by atoms with van der Waals surface area (Å²) in [6.45, 7) is -1.27. The molecule has 15 heteroatoms. The molecule has 4 heterocycles. The van der Waals surface area contributed by atoms with Gasteiger partial charge in [0, 0.05) is 24.2 Å². The first-order valence-corrected chi connectivity index (χ1v) is 9.39. The molecule has 4 N–H and O–H groups in total. The molecule has 0 spiro atoms. The third-order valence-electron chi connectivity index (χ3n) is 4.19. The van der Waals surface area contributed by atoms with Gasteiger partial charge in [0.25, 0.3) is 11.8 Å². The van der Waals surface area contributed by atoms with Gasteiger partial charge in [-0.15, -0.1) is 0 Å². The molecule has 0 aromatic carbocycles. The summed E-state index contributed by atoms with van der Waals surface area (Å²) in [6.07, 6.45) is 3.47. The Labute approximate surface area is 188 Å². The van der Waals surface area contributed by atoms with E-state index in [2.05, 4.69) is 35.7 Å². The number of anilines is 2. The lowest BCUT2D eigenvalue weighted by atomic mass is 10.2. The van der Waals surface area contributed by atoms with Gasteiger partial charge < -0.3 is 20.8 Å². The van der Waals surface area contributed by atoms with Gasteiger partial charge in [-0.3, -0.25) is 14.6 Å². The molecule has 0 bridgehead atoms. The third-order valence-corrected chi connectivity index (χ3v) is 4.19. The molecule has 174 valence electrons. The second-order valence-corrected chi connectivity index (χ2v) is 6.65. The zero-order chi connectivity index (χ0) is 24.3. The molecular weight excluding hydrogens is 459 g/mol. The fourth-order valence-electron chi connectivity index (χ4n) is 2.72. The van der Waals surface area contributed by atoms with E-state index in [0.717, 1.165) is 6.26 Å². The van der Waals surface area contributed by atoms with Crippen LogP contribution in [0.3, 0.4) is 0 Å². The molecule has 4 aromatic heterocycles. The van der Waals surface area contributed by atoms with Crippen LogP contribution in [0.5, 0.6) is 0 Å². The molecule has 0 aliphatic heterocycles. The molecule has 0 saturated carbocycles. The topological polar surface area (TPSA) is 167 Å². The van der Waals surface area contributed by atoms with Crippen molar-refractivity contribution in [3.05, 3.63) is 60.8 Å². The molecule has 0 unspecified atom stereocenters. The van der Waals surface area contributed by atoms with Crippen LogP contribution in [0, 0.1) is 0 Å². The van der Waals surface area contributed by atoms with E-state index in [1.165, 1.54) is 47.8 Å². The van der Waals surface area contributed by atoms with Gasteiger partial charge >= 0.3 is 6.18 Å². The summed E-state index contributed by atoms with van der Waals surface area (Å²) in [5.41, 5.74) is 5.24. The highest BCUT2D eigenvalue weighted by molar-refractivity contribution is 6.07. The summed E-state index contributed by atoms with van der Waals surface area (Å²) in [5.74, 6) is -1.45. The van der Waals surface area contributed by atoms with Crippen LogP contribution in [0.2, 0.25) is 0 Å². The zero-order valence-electron chi connectivity index (χ0n) is 16.9. The lowest BCUT2D eigenvalue weighted by Gasteiger charge is -2.08. The van der Waals surface area contributed by atoms with Gasteiger partial charge in [-0.2, -0.15) is 18.3 Å². The summed E-state index contributed by atoms with van der Waals surface area (Å²) in [5, 5.41) is 8.62. The molecule has 4 aromatic rings. The quantitative estimate of drug-likeness (QED) is 0.364. The van der Waals surface area contributed by atoms with Crippen molar-refractivity contribution in [3.63, 3.8) is 0 Å². The van der Waals surface area contributed by atoms with E-state index in [1.54, 1.807) is 0 Å². The molecule has 0 fully saturated rings. The smallest absolute Gasteiger partial charge is 0.405 e. The predicted octanol–water partition coefficient (Wildman–Crippen LogP) is 2.04. The summed E-state index contributed by atoms with van der Waals surface area (Å²) >= 11 is 0. The van der Waals surface area contributed by atoms with E-state index in [1.807, 2.05) is 0 Å². The minimum Gasteiger partial charge on any atom is -0.444 e. The minimum atomic E-state index is -4.42. The summed E-state index contributed by atoms with van der Waals surface area (Å²) in [4.78, 5) is 40.2. The standard InChI is InChI=1S/C19H14F3N9O3/c20-19(21,22)9-27-13-5-10(1-2-25-13)18-29-12(8-34-18)17(33)28-11-7-31(30-15(11)16(23)32)14-6-24-3-4-26-14/h1-8H,9H2,(H2,23,32)(H,25,27)(H,28,33). The van der Waals surface area contributed by atoms with Crippen LogP contribution in [0.4, 0.5) is 24.7 Å². The maximum absolute atomic E-state index is 12.7. The summed E-state index contributed by atoms with van der Waals surface area (Å²) < 4.78 is 43.7. The second kappa shape index (κ2) is 8.97. The van der Waals surface area contributed by atoms with E-state index in [-0.39, 0.29) is 40.2 Å². The molecule has 4 rings (SSSR count). The van der Waals surface area contributed by atoms with Crippen LogP contribution in [-0.4, -0.2) is 54.3 Å². The first kappa shape index (κ1) is 22.4. The van der Waals surface area contributed by atoms with Crippen molar-refractivity contribution in [2.45, 2.75) is 6.18 Å². The number of hydrogen-bond acceptors (Lipinski definition) is 9. The number of nitrogens with two attached hydrogens (primary N) is 1. The predicted molar refractivity (Wildman–Crippen MR) is 110 cm³/mol. The normalized spacial score (nSPS) is 11.3. The fraction of sp³-hybridized carbons (Fsp3) is 0.105. The maximum Gasteiger partial charge on any atom is 0.405 e. The lowest BCUT2D eigenvalue weighted by molar-refractivity contribution is -0.115. The Morgan fingerprint density at radius 1 is 1.18 bits per heavy atom. The number of amides is 2. The number of halogens is 3. The van der Waals surface area contributed by atoms with Gasteiger partial charge in [-0.1, -0.05) is 0 Å². The third kappa shape index (κ3) is 5.14. The Bertz CT molecular complexity index is 1340. The summed E-state index contributed by atoms with van der Waals surface area (Å²) in [6, 6.07) is 2.73. The Morgan fingerprint density at radius 3 is 2.71 bits per heavy atom. The first-order valence-electron chi connectivity index (χ1n) is 9.39. The number of primary amides is 1. The van der Waals surface area contributed by atoms with Crippen molar-refractivity contribution >= 4 is 23.3 Å². The molecule has 34 heavy (non-hydrogen) atoms. The molecule has 0 saturated heterocycles. The van der Waals surface area contributed by atoms with Gasteiger partial charge in [-0.25, -0.2) is 19.6 Å². The van der Waals surface area contributed by atoms with E-state index < -0.39 is 24.5 Å². The van der Waals surface area contributed by atoms with Gasteiger partial charge in [0.05, 0.1) is 18.1 Å². The molecule has 2 amide bonds. The van der Waals surface area contributed by atoms with Crippen LogP contribution in [0.15, 0.2) is 53.8 Å². The Morgan fingerprint density at radius 2 is 2.00 bits per heavy atom. The van der Waals surface area contributed by atoms with Crippen molar-refractivity contribution in [1.29, 1.82) is 0 Å². The average Bonchev–Trinajstić information content (AvgIpc) is 3.46. The Balaban J connectivity index is 1.52. The number of oxazole rings is 1. The van der Waals surface area contributed by atoms with Crippen molar-refractivity contribution in [2.75, 3.05) is 17.2 Å². The van der Waals surface area contributed by atoms with Crippen LogP contribution in [0.1, 0.15) is 21.0 Å². The van der Waals surface area contributed by atoms with Crippen LogP contribution in [-0.2, 0) is 0 Å². The Kier molecular flexibility index (Phi) is 5.90. The number of rotatable bonds is 7. The van der Waals surface area contributed by atoms with Crippen molar-refractivity contribution < 1.29 is 27.2 Å². The van der Waals surface area contributed by atoms with Gasteiger partial charge in [0.2, 0.25) is 5.89 Å². The number of nitrogens with one attached hydrogen (secondary N) is 2. The number of carbonyl (C=O) groups is 2. The van der Waals surface area contributed by atoms with E-state index in [0.29, 0.717) is 0 Å². The number of aromatic nitrogens is 6. The van der Waals surface area contributed by atoms with Crippen molar-refractivity contribution in [3.8, 4) is 17.3 Å². The van der Waals surface area contributed by atoms with E-state index in [4.69, 9.17) is 10.2 Å². The molecule has 0 atom stereocenters. The van der Waals surface area contributed by atoms with Crippen LogP contribution >= 0.6 is 0 Å². The van der Waals surface area contributed by atoms with Gasteiger partial charge in [-0.05, 0) is 12.1 Å². The van der Waals surface area contributed by atoms with Crippen LogP contribution in [0.25, 0.3) is 17.3 Å². The Hall–Kier alpha value is -4.82. The van der Waals surface area contributed by atoms with Gasteiger partial charge in [0.15, 0.2) is 17.2 Å². The van der Waals surface area contributed by atoms with Gasteiger partial charge in [0.1, 0.15) is 18.6 Å². The monoisotopic (exact) mass is 473 g/mol. The number of pyridine rings is 1. The number of alkyl halides is 3. The van der Waals surface area contributed by atoms with E-state index in [9.17, 15) is 22.8 Å². The number of carbonyl (C=O) groups excluding carboxylic acids is 2. The largest absolute Gasteiger partial charge is 0.444 e. The minimum absolute atomic E-state index is 0.00440. The fourth-order valence-corrected chi connectivity index (χ4v) is 2.72. The van der Waals surface area contributed by atoms with Crippen LogP contribution < -0.4 is 16.4 Å². The molecular formula is C19H14F3N9O3. The maximum atomic E-state index is 12.7. The zero-order valence-corrected chi connectivity index (χ0v) is 16.9. The summed E-state index contributed by atoms with van der Waals surface area (Å²) in [7, 11) is 0. The number of nitrogens with zero attached hydrogens (tertiary/aromatic N) is 6. The second-order valence-electron chi connectivity index (χ2n) is 6.65. The molecule has 0 radical (unpaired) electrons. The number of hydrogen-bond donors (Lipinski definition) is 3. The van der Waals surface area contributed by atoms with Crippen molar-refractivity contribution in [2.24, 2.45) is 5.73 Å². The first-order chi connectivity index (χ1) is 16.2. The SMILES string of the molecule is NC(=O)c1nn(-c2cnccn2)cc1NC(=O)c1coc(-c2ccnc(NCC(F)(F)F)c2)n1.